The summed E-state index contributed by atoms with van der Waals surface area (Å²) in [5, 5.41) is 5.12. The summed E-state index contributed by atoms with van der Waals surface area (Å²) >= 11 is 0. The fourth-order valence-corrected chi connectivity index (χ4v) is 1.40. The van der Waals surface area contributed by atoms with Crippen LogP contribution in [0.15, 0.2) is 18.2 Å². The standard InChI is InChI=1S/C12H15FN2O2/c1-7(14-3)12(17)9-5-4-6-10(13)11(9)15-8(2)16/h4-7,14H,1-3H3,(H,15,16). The van der Waals surface area contributed by atoms with Crippen LogP contribution >= 0.6 is 0 Å². The van der Waals surface area contributed by atoms with Crippen molar-refractivity contribution in [3.8, 4) is 0 Å². The average molecular weight is 238 g/mol. The number of para-hydroxylation sites is 1. The smallest absolute Gasteiger partial charge is 0.221 e. The zero-order valence-electron chi connectivity index (χ0n) is 10.0. The molecule has 0 heterocycles. The fourth-order valence-electron chi connectivity index (χ4n) is 1.40. The molecule has 2 N–H and O–H groups in total. The molecule has 1 rings (SSSR count). The summed E-state index contributed by atoms with van der Waals surface area (Å²) in [5.41, 5.74) is 0.106. The average Bonchev–Trinajstić information content (AvgIpc) is 2.29. The van der Waals surface area contributed by atoms with Crippen molar-refractivity contribution >= 4 is 17.4 Å². The Labute approximate surface area is 99.2 Å². The van der Waals surface area contributed by atoms with Gasteiger partial charge in [0.25, 0.3) is 0 Å². The van der Waals surface area contributed by atoms with Gasteiger partial charge in [-0.3, -0.25) is 9.59 Å². The number of hydrogen-bond donors (Lipinski definition) is 2. The highest BCUT2D eigenvalue weighted by Crippen LogP contribution is 2.21. The molecule has 4 nitrogen and oxygen atoms in total. The number of hydrogen-bond acceptors (Lipinski definition) is 3. The maximum atomic E-state index is 13.6. The van der Waals surface area contributed by atoms with Crippen molar-refractivity contribution in [1.29, 1.82) is 0 Å². The molecule has 0 saturated carbocycles. The van der Waals surface area contributed by atoms with Gasteiger partial charge in [-0.2, -0.15) is 0 Å². The van der Waals surface area contributed by atoms with Gasteiger partial charge in [-0.25, -0.2) is 4.39 Å². The van der Waals surface area contributed by atoms with Gasteiger partial charge >= 0.3 is 0 Å². The third kappa shape index (κ3) is 3.10. The Kier molecular flexibility index (Phi) is 4.34. The molecule has 0 spiro atoms. The summed E-state index contributed by atoms with van der Waals surface area (Å²) in [6.07, 6.45) is 0. The number of carbonyl (C=O) groups excluding carboxylic acids is 2. The molecule has 0 aliphatic heterocycles. The van der Waals surface area contributed by atoms with E-state index in [0.717, 1.165) is 0 Å². The summed E-state index contributed by atoms with van der Waals surface area (Å²) in [4.78, 5) is 22.9. The Hall–Kier alpha value is -1.75. The zero-order chi connectivity index (χ0) is 13.0. The van der Waals surface area contributed by atoms with Gasteiger partial charge in [0, 0.05) is 12.5 Å². The van der Waals surface area contributed by atoms with Gasteiger partial charge in [0.05, 0.1) is 11.7 Å². The van der Waals surface area contributed by atoms with Crippen LogP contribution in [0.25, 0.3) is 0 Å². The predicted molar refractivity (Wildman–Crippen MR) is 63.6 cm³/mol. The van der Waals surface area contributed by atoms with Gasteiger partial charge in [-0.05, 0) is 26.1 Å². The fraction of sp³-hybridized carbons (Fsp3) is 0.333. The number of anilines is 1. The van der Waals surface area contributed by atoms with Crippen LogP contribution in [-0.2, 0) is 4.79 Å². The lowest BCUT2D eigenvalue weighted by Crippen LogP contribution is -2.31. The lowest BCUT2D eigenvalue weighted by atomic mass is 10.0. The first-order chi connectivity index (χ1) is 7.97. The molecule has 1 unspecified atom stereocenters. The largest absolute Gasteiger partial charge is 0.323 e. The van der Waals surface area contributed by atoms with E-state index >= 15 is 0 Å². The minimum atomic E-state index is -0.616. The number of amides is 1. The number of rotatable bonds is 4. The van der Waals surface area contributed by atoms with Crippen LogP contribution < -0.4 is 10.6 Å². The molecule has 17 heavy (non-hydrogen) atoms. The molecule has 1 aromatic carbocycles. The van der Waals surface area contributed by atoms with Crippen molar-refractivity contribution in [2.75, 3.05) is 12.4 Å². The summed E-state index contributed by atoms with van der Waals surface area (Å²) in [6, 6.07) is 3.69. The van der Waals surface area contributed by atoms with Gasteiger partial charge in [0.1, 0.15) is 5.82 Å². The second kappa shape index (κ2) is 5.54. The molecule has 0 saturated heterocycles. The van der Waals surface area contributed by atoms with E-state index in [4.69, 9.17) is 0 Å². The minimum Gasteiger partial charge on any atom is -0.323 e. The summed E-state index contributed by atoms with van der Waals surface area (Å²) < 4.78 is 13.6. The van der Waals surface area contributed by atoms with Crippen LogP contribution in [0.1, 0.15) is 24.2 Å². The first-order valence-electron chi connectivity index (χ1n) is 5.25. The molecule has 0 radical (unpaired) electrons. The maximum absolute atomic E-state index is 13.6. The third-order valence-corrected chi connectivity index (χ3v) is 2.41. The molecule has 0 aliphatic rings. The Morgan fingerprint density at radius 2 is 2.00 bits per heavy atom. The van der Waals surface area contributed by atoms with Crippen molar-refractivity contribution < 1.29 is 14.0 Å². The van der Waals surface area contributed by atoms with Crippen molar-refractivity contribution in [2.24, 2.45) is 0 Å². The van der Waals surface area contributed by atoms with Gasteiger partial charge in [0.15, 0.2) is 5.78 Å². The molecule has 0 aliphatic carbocycles. The van der Waals surface area contributed by atoms with Crippen LogP contribution in [0.5, 0.6) is 0 Å². The number of Topliss-reactive ketones (excluding diaryl/α,β-unsaturated/α-hetero) is 1. The monoisotopic (exact) mass is 238 g/mol. The van der Waals surface area contributed by atoms with Gasteiger partial charge < -0.3 is 10.6 Å². The van der Waals surface area contributed by atoms with E-state index in [2.05, 4.69) is 10.6 Å². The van der Waals surface area contributed by atoms with Crippen molar-refractivity contribution in [1.82, 2.24) is 5.32 Å². The number of likely N-dealkylation sites (N-methyl/N-ethyl adjacent to an activating group) is 1. The van der Waals surface area contributed by atoms with Crippen LogP contribution in [0.2, 0.25) is 0 Å². The number of nitrogens with one attached hydrogen (secondary N) is 2. The lowest BCUT2D eigenvalue weighted by Gasteiger charge is -2.13. The summed E-state index contributed by atoms with van der Waals surface area (Å²) in [6.45, 7) is 2.94. The van der Waals surface area contributed by atoms with Crippen LogP contribution in [0.4, 0.5) is 10.1 Å². The lowest BCUT2D eigenvalue weighted by molar-refractivity contribution is -0.114. The Bertz CT molecular complexity index is 446. The van der Waals surface area contributed by atoms with Crippen LogP contribution in [0.3, 0.4) is 0 Å². The molecule has 0 bridgehead atoms. The van der Waals surface area contributed by atoms with Crippen molar-refractivity contribution in [2.45, 2.75) is 19.9 Å². The molecule has 1 amide bonds. The topological polar surface area (TPSA) is 58.2 Å². The normalized spacial score (nSPS) is 12.0. The zero-order valence-corrected chi connectivity index (χ0v) is 10.0. The molecule has 0 fully saturated rings. The number of carbonyl (C=O) groups is 2. The van der Waals surface area contributed by atoms with Gasteiger partial charge in [-0.15, -0.1) is 0 Å². The third-order valence-electron chi connectivity index (χ3n) is 2.41. The first kappa shape index (κ1) is 13.3. The van der Waals surface area contributed by atoms with Gasteiger partial charge in [0.2, 0.25) is 5.91 Å². The van der Waals surface area contributed by atoms with E-state index in [9.17, 15) is 14.0 Å². The SMILES string of the molecule is CNC(C)C(=O)c1cccc(F)c1NC(C)=O. The van der Waals surface area contributed by atoms with Crippen molar-refractivity contribution in [3.05, 3.63) is 29.6 Å². The van der Waals surface area contributed by atoms with E-state index < -0.39 is 17.8 Å². The molecule has 0 aromatic heterocycles. The number of ketones is 1. The summed E-state index contributed by atoms with van der Waals surface area (Å²) in [7, 11) is 1.64. The van der Waals surface area contributed by atoms with E-state index in [-0.39, 0.29) is 17.0 Å². The molecular formula is C12H15FN2O2. The highest BCUT2D eigenvalue weighted by atomic mass is 19.1. The van der Waals surface area contributed by atoms with E-state index in [0.29, 0.717) is 0 Å². The molecule has 92 valence electrons. The van der Waals surface area contributed by atoms with Crippen LogP contribution in [0, 0.1) is 5.82 Å². The molecule has 1 atom stereocenters. The second-order valence-electron chi connectivity index (χ2n) is 3.72. The van der Waals surface area contributed by atoms with Gasteiger partial charge in [-0.1, -0.05) is 6.07 Å². The Morgan fingerprint density at radius 3 is 2.53 bits per heavy atom. The minimum absolute atomic E-state index is 0.0629. The van der Waals surface area contributed by atoms with E-state index in [1.165, 1.54) is 25.1 Å². The summed E-state index contributed by atoms with van der Waals surface area (Å²) in [5.74, 6) is -1.30. The van der Waals surface area contributed by atoms with E-state index in [1.54, 1.807) is 14.0 Å². The quantitative estimate of drug-likeness (QED) is 0.783. The maximum Gasteiger partial charge on any atom is 0.221 e. The molecular weight excluding hydrogens is 223 g/mol. The number of benzene rings is 1. The molecule has 1 aromatic rings. The Morgan fingerprint density at radius 1 is 1.35 bits per heavy atom. The van der Waals surface area contributed by atoms with Crippen molar-refractivity contribution in [3.63, 3.8) is 0 Å². The van der Waals surface area contributed by atoms with Crippen LogP contribution in [-0.4, -0.2) is 24.8 Å². The highest BCUT2D eigenvalue weighted by molar-refractivity contribution is 6.07. The second-order valence-corrected chi connectivity index (χ2v) is 3.72. The highest BCUT2D eigenvalue weighted by Gasteiger charge is 2.19. The molecule has 5 heteroatoms. The van der Waals surface area contributed by atoms with E-state index in [1.807, 2.05) is 0 Å². The Balaban J connectivity index is 3.18. The number of halogens is 1. The first-order valence-corrected chi connectivity index (χ1v) is 5.25. The predicted octanol–water partition coefficient (Wildman–Crippen LogP) is 1.57.